The Morgan fingerprint density at radius 2 is 2.11 bits per heavy atom. The van der Waals surface area contributed by atoms with Crippen molar-refractivity contribution in [2.45, 2.75) is 26.2 Å². The molecular weight excluding hydrogens is 226 g/mol. The Balaban J connectivity index is 2.11. The van der Waals surface area contributed by atoms with Crippen molar-refractivity contribution in [1.82, 2.24) is 15.1 Å². The molecular formula is C13H29N5. The van der Waals surface area contributed by atoms with Gasteiger partial charge >= 0.3 is 0 Å². The molecule has 5 heteroatoms. The minimum absolute atomic E-state index is 0.593. The Labute approximate surface area is 111 Å². The first kappa shape index (κ1) is 15.2. The Morgan fingerprint density at radius 3 is 2.89 bits per heavy atom. The van der Waals surface area contributed by atoms with Gasteiger partial charge in [-0.15, -0.1) is 0 Å². The predicted molar refractivity (Wildman–Crippen MR) is 78.0 cm³/mol. The number of aliphatic imine (C=N–C) groups is 1. The lowest BCUT2D eigenvalue weighted by Gasteiger charge is -2.20. The van der Waals surface area contributed by atoms with Crippen LogP contribution in [0.5, 0.6) is 0 Å². The number of nitrogens with one attached hydrogen (secondary N) is 1. The molecule has 1 saturated heterocycles. The molecule has 0 amide bonds. The Morgan fingerprint density at radius 1 is 1.28 bits per heavy atom. The third-order valence-corrected chi connectivity index (χ3v) is 3.34. The number of nitrogens with zero attached hydrogens (tertiary/aromatic N) is 3. The summed E-state index contributed by atoms with van der Waals surface area (Å²) in [5.74, 6) is 0.593. The lowest BCUT2D eigenvalue weighted by atomic mass is 10.3. The van der Waals surface area contributed by atoms with E-state index in [-0.39, 0.29) is 0 Å². The normalized spacial score (nSPS) is 19.8. The summed E-state index contributed by atoms with van der Waals surface area (Å²) in [4.78, 5) is 9.18. The molecule has 1 aliphatic heterocycles. The van der Waals surface area contributed by atoms with Gasteiger partial charge in [-0.25, -0.2) is 0 Å². The largest absolute Gasteiger partial charge is 0.370 e. The van der Waals surface area contributed by atoms with Gasteiger partial charge < -0.3 is 20.9 Å². The molecule has 1 heterocycles. The molecule has 1 rings (SSSR count). The van der Waals surface area contributed by atoms with Crippen molar-refractivity contribution in [3.8, 4) is 0 Å². The fourth-order valence-electron chi connectivity index (χ4n) is 2.08. The zero-order chi connectivity index (χ0) is 13.2. The number of likely N-dealkylation sites (N-methyl/N-ethyl adjacent to an activating group) is 1. The highest BCUT2D eigenvalue weighted by molar-refractivity contribution is 5.77. The molecule has 5 nitrogen and oxygen atoms in total. The van der Waals surface area contributed by atoms with Crippen molar-refractivity contribution in [2.24, 2.45) is 10.7 Å². The van der Waals surface area contributed by atoms with Crippen molar-refractivity contribution in [3.63, 3.8) is 0 Å². The predicted octanol–water partition coefficient (Wildman–Crippen LogP) is 0.328. The van der Waals surface area contributed by atoms with Crippen molar-refractivity contribution in [1.29, 1.82) is 0 Å². The van der Waals surface area contributed by atoms with Crippen molar-refractivity contribution in [2.75, 3.05) is 52.9 Å². The first-order valence-corrected chi connectivity index (χ1v) is 7.17. The van der Waals surface area contributed by atoms with Gasteiger partial charge in [0.25, 0.3) is 0 Å². The van der Waals surface area contributed by atoms with Crippen LogP contribution in [-0.2, 0) is 0 Å². The molecule has 0 unspecified atom stereocenters. The van der Waals surface area contributed by atoms with E-state index in [0.717, 1.165) is 39.0 Å². The standard InChI is InChI=1S/C13H29N5/c1-3-4-6-15-13(14)16-7-10-18-9-5-8-17(2)11-12-18/h3-12H2,1-2H3,(H3,14,15,16). The number of guanidine groups is 1. The van der Waals surface area contributed by atoms with Gasteiger partial charge in [0.05, 0.1) is 0 Å². The Kier molecular flexibility index (Phi) is 7.76. The van der Waals surface area contributed by atoms with E-state index in [4.69, 9.17) is 5.73 Å². The van der Waals surface area contributed by atoms with Gasteiger partial charge in [-0.1, -0.05) is 13.3 Å². The van der Waals surface area contributed by atoms with E-state index in [1.807, 2.05) is 0 Å². The summed E-state index contributed by atoms with van der Waals surface area (Å²) in [7, 11) is 2.19. The van der Waals surface area contributed by atoms with Gasteiger partial charge in [0.2, 0.25) is 0 Å². The van der Waals surface area contributed by atoms with Crippen LogP contribution in [0.3, 0.4) is 0 Å². The summed E-state index contributed by atoms with van der Waals surface area (Å²) in [5.41, 5.74) is 5.80. The SMILES string of the molecule is CCCCN=C(N)NCCN1CCCN(C)CC1. The van der Waals surface area contributed by atoms with Crippen LogP contribution in [0.25, 0.3) is 0 Å². The first-order valence-electron chi connectivity index (χ1n) is 7.17. The van der Waals surface area contributed by atoms with Crippen LogP contribution < -0.4 is 11.1 Å². The van der Waals surface area contributed by atoms with Crippen LogP contribution in [0, 0.1) is 0 Å². The van der Waals surface area contributed by atoms with Crippen LogP contribution in [0.15, 0.2) is 4.99 Å². The number of unbranched alkanes of at least 4 members (excludes halogenated alkanes) is 1. The van der Waals surface area contributed by atoms with Crippen LogP contribution in [0.1, 0.15) is 26.2 Å². The van der Waals surface area contributed by atoms with E-state index in [9.17, 15) is 0 Å². The second-order valence-electron chi connectivity index (χ2n) is 5.05. The molecule has 18 heavy (non-hydrogen) atoms. The zero-order valence-electron chi connectivity index (χ0n) is 12.0. The monoisotopic (exact) mass is 255 g/mol. The molecule has 0 aromatic rings. The number of nitrogens with two attached hydrogens (primary N) is 1. The highest BCUT2D eigenvalue weighted by atomic mass is 15.2. The Bertz CT molecular complexity index is 242. The van der Waals surface area contributed by atoms with Gasteiger partial charge in [-0.3, -0.25) is 4.99 Å². The summed E-state index contributed by atoms with van der Waals surface area (Å²) in [6.45, 7) is 9.68. The molecule has 1 fully saturated rings. The van der Waals surface area contributed by atoms with Crippen LogP contribution >= 0.6 is 0 Å². The molecule has 0 aromatic carbocycles. The average Bonchev–Trinajstić information content (AvgIpc) is 2.55. The smallest absolute Gasteiger partial charge is 0.188 e. The minimum atomic E-state index is 0.593. The molecule has 106 valence electrons. The van der Waals surface area contributed by atoms with Crippen molar-refractivity contribution < 1.29 is 0 Å². The summed E-state index contributed by atoms with van der Waals surface area (Å²) in [5, 5.41) is 3.19. The second-order valence-corrected chi connectivity index (χ2v) is 5.05. The van der Waals surface area contributed by atoms with Gasteiger partial charge in [0, 0.05) is 32.7 Å². The Hall–Kier alpha value is -0.810. The molecule has 0 saturated carbocycles. The van der Waals surface area contributed by atoms with Gasteiger partial charge in [-0.2, -0.15) is 0 Å². The van der Waals surface area contributed by atoms with Crippen molar-refractivity contribution >= 4 is 5.96 Å². The third-order valence-electron chi connectivity index (χ3n) is 3.34. The highest BCUT2D eigenvalue weighted by Crippen LogP contribution is 1.99. The average molecular weight is 255 g/mol. The van der Waals surface area contributed by atoms with E-state index in [1.54, 1.807) is 0 Å². The van der Waals surface area contributed by atoms with E-state index < -0.39 is 0 Å². The molecule has 0 spiro atoms. The first-order chi connectivity index (χ1) is 8.72. The molecule has 0 atom stereocenters. The van der Waals surface area contributed by atoms with Crippen LogP contribution in [0.4, 0.5) is 0 Å². The third kappa shape index (κ3) is 6.81. The van der Waals surface area contributed by atoms with Gasteiger partial charge in [0.15, 0.2) is 5.96 Å². The molecule has 0 radical (unpaired) electrons. The minimum Gasteiger partial charge on any atom is -0.370 e. The maximum atomic E-state index is 5.80. The van der Waals surface area contributed by atoms with Crippen LogP contribution in [0.2, 0.25) is 0 Å². The summed E-state index contributed by atoms with van der Waals surface area (Å²) in [6.07, 6.45) is 3.54. The molecule has 0 aliphatic carbocycles. The summed E-state index contributed by atoms with van der Waals surface area (Å²) < 4.78 is 0. The molecule has 0 bridgehead atoms. The molecule has 0 aromatic heterocycles. The van der Waals surface area contributed by atoms with E-state index in [1.165, 1.54) is 26.1 Å². The summed E-state index contributed by atoms with van der Waals surface area (Å²) >= 11 is 0. The second kappa shape index (κ2) is 9.16. The van der Waals surface area contributed by atoms with E-state index >= 15 is 0 Å². The fourth-order valence-corrected chi connectivity index (χ4v) is 2.08. The van der Waals surface area contributed by atoms with E-state index in [0.29, 0.717) is 5.96 Å². The topological polar surface area (TPSA) is 56.9 Å². The lowest BCUT2D eigenvalue weighted by Crippen LogP contribution is -2.39. The maximum Gasteiger partial charge on any atom is 0.188 e. The zero-order valence-corrected chi connectivity index (χ0v) is 12.0. The van der Waals surface area contributed by atoms with Crippen molar-refractivity contribution in [3.05, 3.63) is 0 Å². The van der Waals surface area contributed by atoms with Gasteiger partial charge in [-0.05, 0) is 33.0 Å². The molecule has 1 aliphatic rings. The quantitative estimate of drug-likeness (QED) is 0.408. The number of rotatable bonds is 6. The van der Waals surface area contributed by atoms with Crippen LogP contribution in [-0.4, -0.2) is 68.6 Å². The molecule has 3 N–H and O–H groups in total. The number of hydrogen-bond donors (Lipinski definition) is 2. The van der Waals surface area contributed by atoms with Gasteiger partial charge in [0.1, 0.15) is 0 Å². The lowest BCUT2D eigenvalue weighted by molar-refractivity contribution is 0.280. The highest BCUT2D eigenvalue weighted by Gasteiger charge is 2.11. The van der Waals surface area contributed by atoms with E-state index in [2.05, 4.69) is 34.1 Å². The summed E-state index contributed by atoms with van der Waals surface area (Å²) in [6, 6.07) is 0. The number of hydrogen-bond acceptors (Lipinski definition) is 3. The maximum absolute atomic E-state index is 5.80. The fraction of sp³-hybridized carbons (Fsp3) is 0.923.